The summed E-state index contributed by atoms with van der Waals surface area (Å²) in [6, 6.07) is 15.4. The summed E-state index contributed by atoms with van der Waals surface area (Å²) in [6.07, 6.45) is 7.04. The van der Waals surface area contributed by atoms with Crippen LogP contribution in [0.15, 0.2) is 42.5 Å². The highest BCUT2D eigenvalue weighted by Gasteiger charge is 2.02. The van der Waals surface area contributed by atoms with Crippen molar-refractivity contribution in [2.75, 3.05) is 0 Å². The summed E-state index contributed by atoms with van der Waals surface area (Å²) in [7, 11) is 0. The maximum absolute atomic E-state index is 2.37. The van der Waals surface area contributed by atoms with E-state index in [1.165, 1.54) is 33.5 Å². The Morgan fingerprint density at radius 1 is 0.824 bits per heavy atom. The SMILES string of the molecule is Cc1ccc(-c2cccc3c2=CCCC=3)cc1. The van der Waals surface area contributed by atoms with Gasteiger partial charge < -0.3 is 0 Å². The monoisotopic (exact) mass is 220 g/mol. The van der Waals surface area contributed by atoms with E-state index in [0.717, 1.165) is 6.42 Å². The average Bonchev–Trinajstić information content (AvgIpc) is 2.39. The van der Waals surface area contributed by atoms with E-state index in [-0.39, 0.29) is 0 Å². The number of hydrogen-bond acceptors (Lipinski definition) is 0. The van der Waals surface area contributed by atoms with Crippen molar-refractivity contribution in [3.05, 3.63) is 58.5 Å². The van der Waals surface area contributed by atoms with Crippen LogP contribution in [0.1, 0.15) is 18.4 Å². The minimum Gasteiger partial charge on any atom is -0.0763 e. The second-order valence-corrected chi connectivity index (χ2v) is 4.66. The van der Waals surface area contributed by atoms with Crippen molar-refractivity contribution in [1.82, 2.24) is 0 Å². The zero-order chi connectivity index (χ0) is 11.7. The van der Waals surface area contributed by atoms with E-state index in [1.54, 1.807) is 0 Å². The summed E-state index contributed by atoms with van der Waals surface area (Å²) < 4.78 is 0. The number of fused-ring (bicyclic) bond motifs is 1. The topological polar surface area (TPSA) is 0 Å². The third kappa shape index (κ3) is 1.91. The van der Waals surface area contributed by atoms with Gasteiger partial charge in [-0.25, -0.2) is 0 Å². The van der Waals surface area contributed by atoms with Crippen LogP contribution >= 0.6 is 0 Å². The highest BCUT2D eigenvalue weighted by atomic mass is 14.1. The largest absolute Gasteiger partial charge is 0.0763 e. The van der Waals surface area contributed by atoms with Gasteiger partial charge in [0.25, 0.3) is 0 Å². The first-order valence-corrected chi connectivity index (χ1v) is 6.21. The third-order valence-corrected chi connectivity index (χ3v) is 3.38. The molecule has 0 N–H and O–H groups in total. The molecule has 0 heteroatoms. The van der Waals surface area contributed by atoms with Gasteiger partial charge in [0, 0.05) is 0 Å². The fraction of sp³-hybridized carbons (Fsp3) is 0.176. The predicted molar refractivity (Wildman–Crippen MR) is 74.0 cm³/mol. The molecule has 0 heterocycles. The van der Waals surface area contributed by atoms with E-state index in [4.69, 9.17) is 0 Å². The molecule has 0 radical (unpaired) electrons. The molecule has 0 aromatic heterocycles. The van der Waals surface area contributed by atoms with Gasteiger partial charge in [0.1, 0.15) is 0 Å². The minimum atomic E-state index is 1.16. The maximum atomic E-state index is 2.37. The average molecular weight is 220 g/mol. The molecule has 3 rings (SSSR count). The third-order valence-electron chi connectivity index (χ3n) is 3.38. The molecule has 0 fully saturated rings. The molecule has 0 atom stereocenters. The second kappa shape index (κ2) is 4.21. The number of hydrogen-bond donors (Lipinski definition) is 0. The smallest absolute Gasteiger partial charge is 0.0109 e. The summed E-state index contributed by atoms with van der Waals surface area (Å²) in [5, 5.41) is 2.79. The zero-order valence-electron chi connectivity index (χ0n) is 10.1. The van der Waals surface area contributed by atoms with Crippen LogP contribution < -0.4 is 10.4 Å². The summed E-state index contributed by atoms with van der Waals surface area (Å²) in [5.41, 5.74) is 3.99. The van der Waals surface area contributed by atoms with Crippen molar-refractivity contribution in [3.63, 3.8) is 0 Å². The molecular weight excluding hydrogens is 204 g/mol. The normalized spacial score (nSPS) is 13.5. The van der Waals surface area contributed by atoms with Gasteiger partial charge in [-0.1, -0.05) is 60.2 Å². The molecular formula is C17H16. The van der Waals surface area contributed by atoms with Crippen molar-refractivity contribution < 1.29 is 0 Å². The Balaban J connectivity index is 2.26. The Morgan fingerprint density at radius 3 is 2.41 bits per heavy atom. The van der Waals surface area contributed by atoms with Gasteiger partial charge in [-0.05, 0) is 41.3 Å². The Hall–Kier alpha value is -1.82. The standard InChI is InChI=1S/C17H16/c1-13-9-11-15(12-10-13)17-8-4-6-14-5-2-3-7-16(14)17/h4-12H,2-3H2,1H3. The summed E-state index contributed by atoms with van der Waals surface area (Å²) in [4.78, 5) is 0. The van der Waals surface area contributed by atoms with E-state index in [9.17, 15) is 0 Å². The lowest BCUT2D eigenvalue weighted by Crippen LogP contribution is -2.28. The van der Waals surface area contributed by atoms with Gasteiger partial charge in [0.15, 0.2) is 0 Å². The highest BCUT2D eigenvalue weighted by molar-refractivity contribution is 5.66. The van der Waals surface area contributed by atoms with Gasteiger partial charge in [0.05, 0.1) is 0 Å². The predicted octanol–water partition coefficient (Wildman–Crippen LogP) is 3.02. The van der Waals surface area contributed by atoms with Gasteiger partial charge in [-0.15, -0.1) is 0 Å². The van der Waals surface area contributed by atoms with E-state index in [1.807, 2.05) is 0 Å². The fourth-order valence-electron chi connectivity index (χ4n) is 2.44. The molecule has 0 nitrogen and oxygen atoms in total. The Kier molecular flexibility index (Phi) is 2.56. The minimum absolute atomic E-state index is 1.16. The van der Waals surface area contributed by atoms with Crippen LogP contribution in [-0.4, -0.2) is 0 Å². The molecule has 0 unspecified atom stereocenters. The Bertz CT molecular complexity index is 645. The number of benzene rings is 2. The van der Waals surface area contributed by atoms with E-state index < -0.39 is 0 Å². The molecule has 0 saturated carbocycles. The molecule has 0 spiro atoms. The molecule has 1 aliphatic rings. The van der Waals surface area contributed by atoms with Crippen molar-refractivity contribution in [2.24, 2.45) is 0 Å². The first-order chi connectivity index (χ1) is 8.34. The van der Waals surface area contributed by atoms with Gasteiger partial charge in [-0.2, -0.15) is 0 Å². The molecule has 1 aliphatic carbocycles. The van der Waals surface area contributed by atoms with Crippen LogP contribution in [0.25, 0.3) is 23.3 Å². The van der Waals surface area contributed by atoms with Crippen LogP contribution in [0.3, 0.4) is 0 Å². The fourth-order valence-corrected chi connectivity index (χ4v) is 2.44. The van der Waals surface area contributed by atoms with Gasteiger partial charge >= 0.3 is 0 Å². The van der Waals surface area contributed by atoms with E-state index in [2.05, 4.69) is 61.5 Å². The van der Waals surface area contributed by atoms with Crippen LogP contribution in [0.5, 0.6) is 0 Å². The first kappa shape index (κ1) is 10.3. The van der Waals surface area contributed by atoms with Crippen LogP contribution in [0.2, 0.25) is 0 Å². The molecule has 2 aromatic rings. The molecule has 84 valence electrons. The Morgan fingerprint density at radius 2 is 1.59 bits per heavy atom. The summed E-state index contributed by atoms with van der Waals surface area (Å²) in [5.74, 6) is 0. The molecule has 17 heavy (non-hydrogen) atoms. The molecule has 2 aromatic carbocycles. The van der Waals surface area contributed by atoms with Crippen LogP contribution in [0, 0.1) is 6.92 Å². The molecule has 0 amide bonds. The van der Waals surface area contributed by atoms with E-state index in [0.29, 0.717) is 0 Å². The van der Waals surface area contributed by atoms with Crippen molar-refractivity contribution in [3.8, 4) is 11.1 Å². The van der Waals surface area contributed by atoms with Crippen molar-refractivity contribution >= 4 is 12.2 Å². The quantitative estimate of drug-likeness (QED) is 0.693. The van der Waals surface area contributed by atoms with Crippen LogP contribution in [0.4, 0.5) is 0 Å². The molecule has 0 bridgehead atoms. The van der Waals surface area contributed by atoms with E-state index >= 15 is 0 Å². The maximum Gasteiger partial charge on any atom is -0.0109 e. The van der Waals surface area contributed by atoms with Crippen LogP contribution in [-0.2, 0) is 0 Å². The summed E-state index contributed by atoms with van der Waals surface area (Å²) >= 11 is 0. The number of aryl methyl sites for hydroxylation is 1. The van der Waals surface area contributed by atoms with Gasteiger partial charge in [-0.3, -0.25) is 0 Å². The number of rotatable bonds is 1. The summed E-state index contributed by atoms with van der Waals surface area (Å²) in [6.45, 7) is 2.13. The van der Waals surface area contributed by atoms with Crippen molar-refractivity contribution in [2.45, 2.75) is 19.8 Å². The zero-order valence-corrected chi connectivity index (χ0v) is 10.1. The Labute approximate surface area is 102 Å². The van der Waals surface area contributed by atoms with Gasteiger partial charge in [0.2, 0.25) is 0 Å². The van der Waals surface area contributed by atoms with Crippen molar-refractivity contribution in [1.29, 1.82) is 0 Å². The lowest BCUT2D eigenvalue weighted by atomic mass is 9.97. The lowest BCUT2D eigenvalue weighted by molar-refractivity contribution is 1.12. The molecule has 0 aliphatic heterocycles. The highest BCUT2D eigenvalue weighted by Crippen LogP contribution is 2.15. The lowest BCUT2D eigenvalue weighted by Gasteiger charge is -2.07. The molecule has 0 saturated heterocycles. The first-order valence-electron chi connectivity index (χ1n) is 6.21. The second-order valence-electron chi connectivity index (χ2n) is 4.66.